The summed E-state index contributed by atoms with van der Waals surface area (Å²) >= 11 is 4.88. The highest BCUT2D eigenvalue weighted by atomic mass is 79.9. The van der Waals surface area contributed by atoms with Crippen LogP contribution in [0.3, 0.4) is 0 Å². The van der Waals surface area contributed by atoms with Gasteiger partial charge in [-0.15, -0.1) is 11.8 Å². The van der Waals surface area contributed by atoms with Crippen molar-refractivity contribution in [1.29, 1.82) is 0 Å². The van der Waals surface area contributed by atoms with Crippen LogP contribution in [-0.4, -0.2) is 43.1 Å². The van der Waals surface area contributed by atoms with E-state index in [1.807, 2.05) is 24.3 Å². The number of carbonyl (C=O) groups is 1. The fraction of sp³-hybridized carbons (Fsp3) is 0.462. The smallest absolute Gasteiger partial charge is 0.230 e. The number of amides is 1. The van der Waals surface area contributed by atoms with Crippen molar-refractivity contribution in [2.24, 2.45) is 0 Å². The zero-order chi connectivity index (χ0) is 13.9. The first-order valence-electron chi connectivity index (χ1n) is 6.06. The number of hydrogen-bond acceptors (Lipinski definition) is 4. The Morgan fingerprint density at radius 1 is 1.32 bits per heavy atom. The zero-order valence-corrected chi connectivity index (χ0v) is 13.0. The van der Waals surface area contributed by atoms with Crippen LogP contribution in [0.15, 0.2) is 33.6 Å². The normalized spacial score (nSPS) is 10.4. The molecule has 1 rings (SSSR count). The molecule has 0 aliphatic heterocycles. The molecular formula is C13H18BrNO3S. The molecule has 0 aromatic heterocycles. The Morgan fingerprint density at radius 3 is 2.74 bits per heavy atom. The molecule has 0 aliphatic carbocycles. The van der Waals surface area contributed by atoms with E-state index in [9.17, 15) is 4.79 Å². The Balaban J connectivity index is 2.06. The van der Waals surface area contributed by atoms with Gasteiger partial charge in [-0.1, -0.05) is 15.9 Å². The summed E-state index contributed by atoms with van der Waals surface area (Å²) in [4.78, 5) is 12.6. The fourth-order valence-electron chi connectivity index (χ4n) is 1.30. The molecule has 0 radical (unpaired) electrons. The lowest BCUT2D eigenvalue weighted by molar-refractivity contribution is -0.118. The molecule has 0 saturated heterocycles. The summed E-state index contributed by atoms with van der Waals surface area (Å²) in [6.45, 7) is 1.55. The van der Waals surface area contributed by atoms with E-state index in [4.69, 9.17) is 9.84 Å². The lowest BCUT2D eigenvalue weighted by atomic mass is 10.4. The van der Waals surface area contributed by atoms with E-state index < -0.39 is 0 Å². The van der Waals surface area contributed by atoms with Gasteiger partial charge in [0.1, 0.15) is 0 Å². The van der Waals surface area contributed by atoms with Crippen LogP contribution in [-0.2, 0) is 9.53 Å². The van der Waals surface area contributed by atoms with Crippen LogP contribution in [0, 0.1) is 0 Å². The van der Waals surface area contributed by atoms with Gasteiger partial charge in [-0.3, -0.25) is 4.79 Å². The van der Waals surface area contributed by atoms with E-state index in [2.05, 4.69) is 21.2 Å². The molecule has 0 saturated carbocycles. The Kier molecular flexibility index (Phi) is 8.90. The summed E-state index contributed by atoms with van der Waals surface area (Å²) in [6, 6.07) is 7.87. The van der Waals surface area contributed by atoms with Gasteiger partial charge in [-0.25, -0.2) is 0 Å². The average molecular weight is 348 g/mol. The van der Waals surface area contributed by atoms with Crippen LogP contribution in [0.4, 0.5) is 0 Å². The van der Waals surface area contributed by atoms with Crippen molar-refractivity contribution < 1.29 is 14.6 Å². The Morgan fingerprint density at radius 2 is 2.05 bits per heavy atom. The van der Waals surface area contributed by atoms with Gasteiger partial charge in [-0.05, 0) is 30.7 Å². The molecule has 1 aromatic rings. The first kappa shape index (κ1) is 16.5. The summed E-state index contributed by atoms with van der Waals surface area (Å²) in [7, 11) is 0. The van der Waals surface area contributed by atoms with Crippen LogP contribution in [0.5, 0.6) is 0 Å². The quantitative estimate of drug-likeness (QED) is 0.530. The number of benzene rings is 1. The first-order chi connectivity index (χ1) is 9.22. The van der Waals surface area contributed by atoms with Gasteiger partial charge in [0.15, 0.2) is 0 Å². The second-order valence-electron chi connectivity index (χ2n) is 3.78. The van der Waals surface area contributed by atoms with Crippen molar-refractivity contribution >= 4 is 33.6 Å². The molecule has 19 heavy (non-hydrogen) atoms. The third kappa shape index (κ3) is 8.26. The molecular weight excluding hydrogens is 330 g/mol. The highest BCUT2D eigenvalue weighted by molar-refractivity contribution is 9.10. The Labute approximate surface area is 126 Å². The van der Waals surface area contributed by atoms with Gasteiger partial charge in [0.25, 0.3) is 0 Å². The minimum Gasteiger partial charge on any atom is -0.394 e. The molecule has 0 spiro atoms. The summed E-state index contributed by atoms with van der Waals surface area (Å²) < 4.78 is 6.13. The van der Waals surface area contributed by atoms with Crippen molar-refractivity contribution in [1.82, 2.24) is 5.32 Å². The monoisotopic (exact) mass is 347 g/mol. The zero-order valence-electron chi connectivity index (χ0n) is 10.6. The second-order valence-corrected chi connectivity index (χ2v) is 5.75. The van der Waals surface area contributed by atoms with Gasteiger partial charge in [0.05, 0.1) is 19.0 Å². The second kappa shape index (κ2) is 10.3. The molecule has 106 valence electrons. The van der Waals surface area contributed by atoms with Crippen molar-refractivity contribution in [2.45, 2.75) is 11.3 Å². The van der Waals surface area contributed by atoms with Crippen molar-refractivity contribution in [3.8, 4) is 0 Å². The molecule has 0 unspecified atom stereocenters. The molecule has 6 heteroatoms. The van der Waals surface area contributed by atoms with Crippen LogP contribution in [0.2, 0.25) is 0 Å². The number of rotatable bonds is 9. The third-order valence-electron chi connectivity index (χ3n) is 2.21. The van der Waals surface area contributed by atoms with Gasteiger partial charge in [0, 0.05) is 22.5 Å². The summed E-state index contributed by atoms with van der Waals surface area (Å²) in [6.07, 6.45) is 0.759. The number of ether oxygens (including phenoxy) is 1. The molecule has 2 N–H and O–H groups in total. The minimum atomic E-state index is 0.0232. The lowest BCUT2D eigenvalue weighted by Gasteiger charge is -2.05. The maximum Gasteiger partial charge on any atom is 0.230 e. The number of aliphatic hydroxyl groups excluding tert-OH is 1. The number of thioether (sulfide) groups is 1. The molecule has 0 fully saturated rings. The molecule has 0 aliphatic rings. The third-order valence-corrected chi connectivity index (χ3v) is 3.75. The van der Waals surface area contributed by atoms with Crippen molar-refractivity contribution in [3.05, 3.63) is 28.7 Å². The molecule has 4 nitrogen and oxygen atoms in total. The number of hydrogen-bond donors (Lipinski definition) is 2. The van der Waals surface area contributed by atoms with Crippen LogP contribution < -0.4 is 5.32 Å². The highest BCUT2D eigenvalue weighted by Gasteiger charge is 2.02. The summed E-state index contributed by atoms with van der Waals surface area (Å²) in [5.41, 5.74) is 0. The molecule has 0 atom stereocenters. The standard InChI is InChI=1S/C13H18BrNO3S/c14-11-2-4-12(5-3-11)19-10-13(17)15-6-1-8-18-9-7-16/h2-5,16H,1,6-10H2,(H,15,17). The van der Waals surface area contributed by atoms with Crippen LogP contribution >= 0.6 is 27.7 Å². The van der Waals surface area contributed by atoms with Gasteiger partial charge in [-0.2, -0.15) is 0 Å². The minimum absolute atomic E-state index is 0.0232. The van der Waals surface area contributed by atoms with Gasteiger partial charge in [0.2, 0.25) is 5.91 Å². The molecule has 0 heterocycles. The predicted molar refractivity (Wildman–Crippen MR) is 80.4 cm³/mol. The number of carbonyl (C=O) groups excluding carboxylic acids is 1. The number of aliphatic hydroxyl groups is 1. The molecule has 1 amide bonds. The topological polar surface area (TPSA) is 58.6 Å². The van der Waals surface area contributed by atoms with Gasteiger partial charge >= 0.3 is 0 Å². The summed E-state index contributed by atoms with van der Waals surface area (Å²) in [5.74, 6) is 0.439. The molecule has 1 aromatic carbocycles. The van der Waals surface area contributed by atoms with E-state index in [-0.39, 0.29) is 12.5 Å². The number of halogens is 1. The van der Waals surface area contributed by atoms with E-state index in [1.54, 1.807) is 0 Å². The highest BCUT2D eigenvalue weighted by Crippen LogP contribution is 2.20. The van der Waals surface area contributed by atoms with Crippen molar-refractivity contribution in [2.75, 3.05) is 32.1 Å². The maximum absolute atomic E-state index is 11.6. The fourth-order valence-corrected chi connectivity index (χ4v) is 2.29. The lowest BCUT2D eigenvalue weighted by Crippen LogP contribution is -2.26. The van der Waals surface area contributed by atoms with E-state index >= 15 is 0 Å². The van der Waals surface area contributed by atoms with Gasteiger partial charge < -0.3 is 15.2 Å². The van der Waals surface area contributed by atoms with E-state index in [0.717, 1.165) is 15.8 Å². The Hall–Kier alpha value is -0.560. The number of nitrogens with one attached hydrogen (secondary N) is 1. The van der Waals surface area contributed by atoms with E-state index in [1.165, 1.54) is 11.8 Å². The van der Waals surface area contributed by atoms with E-state index in [0.29, 0.717) is 25.5 Å². The average Bonchev–Trinajstić information content (AvgIpc) is 2.42. The SMILES string of the molecule is O=C(CSc1ccc(Br)cc1)NCCCOCCO. The summed E-state index contributed by atoms with van der Waals surface area (Å²) in [5, 5.41) is 11.3. The van der Waals surface area contributed by atoms with Crippen LogP contribution in [0.25, 0.3) is 0 Å². The van der Waals surface area contributed by atoms with Crippen molar-refractivity contribution in [3.63, 3.8) is 0 Å². The molecule has 0 bridgehead atoms. The predicted octanol–water partition coefficient (Wildman–Crippen LogP) is 2.06. The Bertz CT molecular complexity index is 373. The van der Waals surface area contributed by atoms with Crippen LogP contribution in [0.1, 0.15) is 6.42 Å². The largest absolute Gasteiger partial charge is 0.394 e. The first-order valence-corrected chi connectivity index (χ1v) is 7.84. The maximum atomic E-state index is 11.6.